The van der Waals surface area contributed by atoms with Crippen LogP contribution < -0.4 is 9.47 Å². The van der Waals surface area contributed by atoms with Crippen LogP contribution in [0.2, 0.25) is 0 Å². The molecule has 0 fully saturated rings. The Hall–Kier alpha value is -2.03. The van der Waals surface area contributed by atoms with Crippen molar-refractivity contribution >= 4 is 11.8 Å². The van der Waals surface area contributed by atoms with Gasteiger partial charge < -0.3 is 9.47 Å². The van der Waals surface area contributed by atoms with Crippen LogP contribution in [0.25, 0.3) is 5.57 Å². The number of benzene rings is 1. The van der Waals surface area contributed by atoms with Crippen LogP contribution in [0.3, 0.4) is 0 Å². The van der Waals surface area contributed by atoms with E-state index in [1.165, 1.54) is 0 Å². The SMILES string of the molecule is C=CCCN=CC(=CC)c1ccc2c(c1)OCO2. The van der Waals surface area contributed by atoms with Crippen molar-refractivity contribution in [2.24, 2.45) is 4.99 Å². The second kappa shape index (κ2) is 6.05. The molecule has 0 N–H and O–H groups in total. The normalized spacial score (nSPS) is 14.2. The van der Waals surface area contributed by atoms with Gasteiger partial charge in [0.25, 0.3) is 0 Å². The smallest absolute Gasteiger partial charge is 0.231 e. The molecule has 0 radical (unpaired) electrons. The van der Waals surface area contributed by atoms with Crippen molar-refractivity contribution in [3.63, 3.8) is 0 Å². The molecule has 1 aliphatic heterocycles. The van der Waals surface area contributed by atoms with Gasteiger partial charge in [-0.05, 0) is 36.6 Å². The van der Waals surface area contributed by atoms with Gasteiger partial charge in [0.2, 0.25) is 6.79 Å². The van der Waals surface area contributed by atoms with E-state index >= 15 is 0 Å². The molecule has 0 bridgehead atoms. The Bertz CT molecular complexity index is 489. The average molecular weight is 243 g/mol. The quantitative estimate of drug-likeness (QED) is 0.450. The van der Waals surface area contributed by atoms with Crippen molar-refractivity contribution < 1.29 is 9.47 Å². The standard InChI is InChI=1S/C15H17NO2/c1-3-5-8-16-10-12(4-2)13-6-7-14-15(9-13)18-11-17-14/h3-4,6-7,9-10H,1,5,8,11H2,2H3. The van der Waals surface area contributed by atoms with Gasteiger partial charge in [-0.1, -0.05) is 18.2 Å². The Morgan fingerprint density at radius 2 is 2.22 bits per heavy atom. The zero-order valence-corrected chi connectivity index (χ0v) is 10.6. The van der Waals surface area contributed by atoms with Crippen LogP contribution >= 0.6 is 0 Å². The van der Waals surface area contributed by atoms with Gasteiger partial charge >= 0.3 is 0 Å². The van der Waals surface area contributed by atoms with Crippen LogP contribution in [-0.4, -0.2) is 19.6 Å². The van der Waals surface area contributed by atoms with E-state index in [4.69, 9.17) is 9.47 Å². The molecule has 0 aliphatic carbocycles. The number of hydrogen-bond donors (Lipinski definition) is 0. The van der Waals surface area contributed by atoms with E-state index in [-0.39, 0.29) is 0 Å². The van der Waals surface area contributed by atoms with Gasteiger partial charge in [-0.25, -0.2) is 0 Å². The summed E-state index contributed by atoms with van der Waals surface area (Å²) in [6.07, 6.45) is 6.69. The predicted molar refractivity (Wildman–Crippen MR) is 74.4 cm³/mol. The van der Waals surface area contributed by atoms with E-state index in [0.29, 0.717) is 6.79 Å². The summed E-state index contributed by atoms with van der Waals surface area (Å²) in [7, 11) is 0. The molecule has 1 aliphatic rings. The van der Waals surface area contributed by atoms with Gasteiger partial charge in [-0.2, -0.15) is 0 Å². The zero-order valence-electron chi connectivity index (χ0n) is 10.6. The number of aliphatic imine (C=N–C) groups is 1. The molecule has 0 atom stereocenters. The number of nitrogens with zero attached hydrogens (tertiary/aromatic N) is 1. The molecule has 1 aromatic rings. The van der Waals surface area contributed by atoms with Crippen LogP contribution in [0.15, 0.2) is 41.9 Å². The molecular formula is C15H17NO2. The highest BCUT2D eigenvalue weighted by Gasteiger charge is 2.13. The number of allylic oxidation sites excluding steroid dienone is 2. The molecule has 0 spiro atoms. The number of rotatable bonds is 5. The Morgan fingerprint density at radius 1 is 1.39 bits per heavy atom. The lowest BCUT2D eigenvalue weighted by Crippen LogP contribution is -1.93. The molecule has 0 amide bonds. The zero-order chi connectivity index (χ0) is 12.8. The lowest BCUT2D eigenvalue weighted by molar-refractivity contribution is 0.174. The summed E-state index contributed by atoms with van der Waals surface area (Å²) in [6, 6.07) is 5.93. The first-order valence-corrected chi connectivity index (χ1v) is 6.02. The number of fused-ring (bicyclic) bond motifs is 1. The fourth-order valence-electron chi connectivity index (χ4n) is 1.72. The van der Waals surface area contributed by atoms with Crippen molar-refractivity contribution in [1.29, 1.82) is 0 Å². The highest BCUT2D eigenvalue weighted by Crippen LogP contribution is 2.34. The monoisotopic (exact) mass is 243 g/mol. The molecule has 3 nitrogen and oxygen atoms in total. The Balaban J connectivity index is 2.13. The largest absolute Gasteiger partial charge is 0.454 e. The number of hydrogen-bond acceptors (Lipinski definition) is 3. The van der Waals surface area contributed by atoms with Crippen LogP contribution in [0.5, 0.6) is 11.5 Å². The van der Waals surface area contributed by atoms with E-state index < -0.39 is 0 Å². The van der Waals surface area contributed by atoms with Crippen molar-refractivity contribution in [1.82, 2.24) is 0 Å². The molecule has 18 heavy (non-hydrogen) atoms. The van der Waals surface area contributed by atoms with Crippen LogP contribution in [0.1, 0.15) is 18.9 Å². The van der Waals surface area contributed by atoms with Gasteiger partial charge in [0.15, 0.2) is 11.5 Å². The van der Waals surface area contributed by atoms with Gasteiger partial charge in [-0.3, -0.25) is 4.99 Å². The summed E-state index contributed by atoms with van der Waals surface area (Å²) in [5.74, 6) is 1.60. The Labute approximate surface area is 107 Å². The maximum absolute atomic E-state index is 5.37. The molecule has 3 heteroatoms. The summed E-state index contributed by atoms with van der Waals surface area (Å²) in [4.78, 5) is 4.37. The highest BCUT2D eigenvalue weighted by atomic mass is 16.7. The third kappa shape index (κ3) is 2.80. The van der Waals surface area contributed by atoms with Gasteiger partial charge in [0.1, 0.15) is 0 Å². The lowest BCUT2D eigenvalue weighted by Gasteiger charge is -2.03. The van der Waals surface area contributed by atoms with Gasteiger partial charge in [-0.15, -0.1) is 6.58 Å². The lowest BCUT2D eigenvalue weighted by atomic mass is 10.1. The van der Waals surface area contributed by atoms with E-state index in [1.54, 1.807) is 0 Å². The molecule has 1 heterocycles. The van der Waals surface area contributed by atoms with E-state index in [0.717, 1.165) is 35.6 Å². The highest BCUT2D eigenvalue weighted by molar-refractivity contribution is 6.09. The minimum atomic E-state index is 0.303. The molecule has 0 unspecified atom stereocenters. The van der Waals surface area contributed by atoms with Gasteiger partial charge in [0.05, 0.1) is 0 Å². The van der Waals surface area contributed by atoms with Crippen molar-refractivity contribution in [3.05, 3.63) is 42.5 Å². The fourth-order valence-corrected chi connectivity index (χ4v) is 1.72. The van der Waals surface area contributed by atoms with E-state index in [9.17, 15) is 0 Å². The summed E-state index contributed by atoms with van der Waals surface area (Å²) in [6.45, 7) is 6.75. The molecule has 0 saturated heterocycles. The Morgan fingerprint density at radius 3 is 3.00 bits per heavy atom. The summed E-state index contributed by atoms with van der Waals surface area (Å²) in [5.41, 5.74) is 2.17. The van der Waals surface area contributed by atoms with Gasteiger partial charge in [0, 0.05) is 12.8 Å². The second-order valence-electron chi connectivity index (χ2n) is 3.92. The minimum Gasteiger partial charge on any atom is -0.454 e. The third-order valence-corrected chi connectivity index (χ3v) is 2.71. The van der Waals surface area contributed by atoms with Crippen LogP contribution in [0, 0.1) is 0 Å². The first-order chi connectivity index (χ1) is 8.85. The summed E-state index contributed by atoms with van der Waals surface area (Å²) in [5, 5.41) is 0. The summed E-state index contributed by atoms with van der Waals surface area (Å²) < 4.78 is 10.7. The number of ether oxygens (including phenoxy) is 2. The predicted octanol–water partition coefficient (Wildman–Crippen LogP) is 3.47. The maximum atomic E-state index is 5.37. The van der Waals surface area contributed by atoms with E-state index in [1.807, 2.05) is 43.5 Å². The molecule has 1 aromatic carbocycles. The second-order valence-corrected chi connectivity index (χ2v) is 3.92. The fraction of sp³-hybridized carbons (Fsp3) is 0.267. The minimum absolute atomic E-state index is 0.303. The van der Waals surface area contributed by atoms with Crippen molar-refractivity contribution in [2.45, 2.75) is 13.3 Å². The van der Waals surface area contributed by atoms with Crippen LogP contribution in [-0.2, 0) is 0 Å². The molecule has 94 valence electrons. The van der Waals surface area contributed by atoms with E-state index in [2.05, 4.69) is 11.6 Å². The van der Waals surface area contributed by atoms with Crippen LogP contribution in [0.4, 0.5) is 0 Å². The average Bonchev–Trinajstić information content (AvgIpc) is 2.86. The third-order valence-electron chi connectivity index (χ3n) is 2.71. The topological polar surface area (TPSA) is 30.8 Å². The molecule has 0 aromatic heterocycles. The maximum Gasteiger partial charge on any atom is 0.231 e. The summed E-state index contributed by atoms with van der Waals surface area (Å²) >= 11 is 0. The van der Waals surface area contributed by atoms with Crippen molar-refractivity contribution in [2.75, 3.05) is 13.3 Å². The molecule has 2 rings (SSSR count). The Kier molecular flexibility index (Phi) is 4.18. The van der Waals surface area contributed by atoms with Crippen molar-refractivity contribution in [3.8, 4) is 11.5 Å². The first kappa shape index (κ1) is 12.4. The first-order valence-electron chi connectivity index (χ1n) is 6.02. The molecule has 0 saturated carbocycles. The molecular weight excluding hydrogens is 226 g/mol.